The summed E-state index contributed by atoms with van der Waals surface area (Å²) in [5.74, 6) is -0.514. The molecular weight excluding hydrogens is 614 g/mol. The zero-order valence-corrected chi connectivity index (χ0v) is 23.3. The fraction of sp³-hybridized carbons (Fsp3) is 0.267. The molecule has 3 aromatic rings. The van der Waals surface area contributed by atoms with Gasteiger partial charge in [0.2, 0.25) is 11.8 Å². The third-order valence-electron chi connectivity index (χ3n) is 6.50. The molecule has 0 fully saturated rings. The van der Waals surface area contributed by atoms with E-state index in [2.05, 4.69) is 27.9 Å². The van der Waals surface area contributed by atoms with E-state index in [1.54, 1.807) is 29.2 Å². The lowest BCUT2D eigenvalue weighted by Gasteiger charge is -2.40. The summed E-state index contributed by atoms with van der Waals surface area (Å²) in [6.45, 7) is -0.0496. The molecule has 9 heteroatoms. The molecule has 7 nitrogen and oxygen atoms in total. The molecule has 0 saturated heterocycles. The maximum Gasteiger partial charge on any atom is 0.247 e. The Labute approximate surface area is 240 Å². The Balaban J connectivity index is 1.69. The van der Waals surface area contributed by atoms with Crippen molar-refractivity contribution in [1.82, 2.24) is 10.2 Å². The van der Waals surface area contributed by atoms with Crippen molar-refractivity contribution in [2.24, 2.45) is 0 Å². The lowest BCUT2D eigenvalue weighted by Crippen LogP contribution is -2.55. The first kappa shape index (κ1) is 28.7. The Bertz CT molecular complexity index is 1300. The Morgan fingerprint density at radius 3 is 2.38 bits per heavy atom. The summed E-state index contributed by atoms with van der Waals surface area (Å²) in [6.07, 6.45) is -0.339. The van der Waals surface area contributed by atoms with Crippen LogP contribution in [0.2, 0.25) is 0 Å². The van der Waals surface area contributed by atoms with E-state index in [1.165, 1.54) is 12.1 Å². The summed E-state index contributed by atoms with van der Waals surface area (Å²) in [5.41, 5.74) is 1.83. The topological polar surface area (TPSA) is 99.1 Å². The van der Waals surface area contributed by atoms with Crippen molar-refractivity contribution in [2.45, 2.75) is 37.6 Å². The summed E-state index contributed by atoms with van der Waals surface area (Å²) in [5, 5.41) is 23.4. The van der Waals surface area contributed by atoms with Crippen LogP contribution < -0.4 is 10.1 Å². The van der Waals surface area contributed by atoms with Crippen LogP contribution in [0, 0.1) is 9.39 Å². The van der Waals surface area contributed by atoms with Crippen LogP contribution in [0.3, 0.4) is 0 Å². The number of halogens is 2. The molecule has 0 unspecified atom stereocenters. The van der Waals surface area contributed by atoms with Crippen molar-refractivity contribution >= 4 is 34.4 Å². The van der Waals surface area contributed by atoms with Crippen molar-refractivity contribution in [3.63, 3.8) is 0 Å². The molecule has 0 aromatic heterocycles. The number of ether oxygens (including phenoxy) is 1. The molecule has 2 amide bonds. The molecule has 4 rings (SSSR count). The number of aliphatic hydroxyl groups excluding tert-OH is 2. The number of hydrogen-bond donors (Lipinski definition) is 3. The summed E-state index contributed by atoms with van der Waals surface area (Å²) < 4.78 is 20.6. The summed E-state index contributed by atoms with van der Waals surface area (Å²) in [7, 11) is 0. The first-order chi connectivity index (χ1) is 18.9. The van der Waals surface area contributed by atoms with Crippen molar-refractivity contribution in [2.75, 3.05) is 13.2 Å². The SMILES string of the molecule is O=C(NCCO)C1=C[C@H](Oc2ccccc2I)[C@@H](O)[C@H](N(Cc2ccc(F)cc2)C(=O)Cc2ccccc2)C1. The van der Waals surface area contributed by atoms with E-state index in [-0.39, 0.29) is 38.4 Å². The lowest BCUT2D eigenvalue weighted by atomic mass is 9.87. The van der Waals surface area contributed by atoms with Gasteiger partial charge in [-0.15, -0.1) is 0 Å². The van der Waals surface area contributed by atoms with E-state index in [1.807, 2.05) is 48.5 Å². The number of nitrogens with one attached hydrogen (secondary N) is 1. The van der Waals surface area contributed by atoms with E-state index >= 15 is 0 Å². The molecule has 0 aliphatic heterocycles. The smallest absolute Gasteiger partial charge is 0.247 e. The van der Waals surface area contributed by atoms with Gasteiger partial charge in [0.25, 0.3) is 0 Å². The van der Waals surface area contributed by atoms with Crippen molar-refractivity contribution in [1.29, 1.82) is 0 Å². The van der Waals surface area contributed by atoms with Gasteiger partial charge in [-0.05, 0) is 64.1 Å². The second-order valence-electron chi connectivity index (χ2n) is 9.26. The number of rotatable bonds is 10. The third kappa shape index (κ3) is 7.65. The number of amides is 2. The minimum Gasteiger partial charge on any atom is -0.482 e. The van der Waals surface area contributed by atoms with E-state index in [0.717, 1.165) is 9.13 Å². The molecule has 204 valence electrons. The predicted molar refractivity (Wildman–Crippen MR) is 153 cm³/mol. The normalized spacial score (nSPS) is 18.7. The number of hydrogen-bond acceptors (Lipinski definition) is 5. The molecular formula is C30H30FIN2O5. The number of carbonyl (C=O) groups is 2. The number of para-hydroxylation sites is 1. The van der Waals surface area contributed by atoms with Gasteiger partial charge in [-0.3, -0.25) is 9.59 Å². The van der Waals surface area contributed by atoms with Crippen LogP contribution in [-0.2, 0) is 22.6 Å². The van der Waals surface area contributed by atoms with Gasteiger partial charge < -0.3 is 25.2 Å². The fourth-order valence-corrected chi connectivity index (χ4v) is 5.03. The molecule has 1 aliphatic carbocycles. The van der Waals surface area contributed by atoms with Crippen LogP contribution in [0.25, 0.3) is 0 Å². The van der Waals surface area contributed by atoms with Crippen molar-refractivity contribution < 1.29 is 28.9 Å². The van der Waals surface area contributed by atoms with Crippen LogP contribution in [0.5, 0.6) is 5.75 Å². The van der Waals surface area contributed by atoms with Gasteiger partial charge in [0.15, 0.2) is 0 Å². The Hall–Kier alpha value is -3.28. The van der Waals surface area contributed by atoms with E-state index in [9.17, 15) is 24.2 Å². The highest BCUT2D eigenvalue weighted by Crippen LogP contribution is 2.30. The largest absolute Gasteiger partial charge is 0.482 e. The summed E-state index contributed by atoms with van der Waals surface area (Å²) in [6, 6.07) is 21.6. The molecule has 39 heavy (non-hydrogen) atoms. The van der Waals surface area contributed by atoms with Crippen LogP contribution in [0.15, 0.2) is 90.5 Å². The summed E-state index contributed by atoms with van der Waals surface area (Å²) in [4.78, 5) is 28.3. The van der Waals surface area contributed by atoms with Gasteiger partial charge in [0, 0.05) is 25.1 Å². The Morgan fingerprint density at radius 1 is 1.00 bits per heavy atom. The Kier molecular flexibility index (Phi) is 10.1. The van der Waals surface area contributed by atoms with Gasteiger partial charge in [0.05, 0.1) is 22.6 Å². The van der Waals surface area contributed by atoms with Crippen molar-refractivity contribution in [3.05, 3.63) is 111 Å². The molecule has 3 atom stereocenters. The first-order valence-corrected chi connectivity index (χ1v) is 13.7. The van der Waals surface area contributed by atoms with Crippen LogP contribution in [0.4, 0.5) is 4.39 Å². The Morgan fingerprint density at radius 2 is 1.69 bits per heavy atom. The zero-order chi connectivity index (χ0) is 27.8. The number of aliphatic hydroxyl groups is 2. The zero-order valence-electron chi connectivity index (χ0n) is 21.2. The molecule has 0 bridgehead atoms. The lowest BCUT2D eigenvalue weighted by molar-refractivity contribution is -0.138. The van der Waals surface area contributed by atoms with Gasteiger partial charge >= 0.3 is 0 Å². The maximum absolute atomic E-state index is 13.7. The van der Waals surface area contributed by atoms with E-state index in [0.29, 0.717) is 16.9 Å². The van der Waals surface area contributed by atoms with Gasteiger partial charge in [-0.2, -0.15) is 0 Å². The van der Waals surface area contributed by atoms with E-state index < -0.39 is 30.0 Å². The van der Waals surface area contributed by atoms with Gasteiger partial charge in [-0.1, -0.05) is 54.6 Å². The molecule has 3 N–H and O–H groups in total. The van der Waals surface area contributed by atoms with Crippen LogP contribution in [0.1, 0.15) is 17.5 Å². The molecule has 0 radical (unpaired) electrons. The second kappa shape index (κ2) is 13.7. The molecule has 1 aliphatic rings. The van der Waals surface area contributed by atoms with Gasteiger partial charge in [-0.25, -0.2) is 4.39 Å². The van der Waals surface area contributed by atoms with Crippen LogP contribution >= 0.6 is 22.6 Å². The monoisotopic (exact) mass is 644 g/mol. The number of nitrogens with zero attached hydrogens (tertiary/aromatic N) is 1. The number of benzene rings is 3. The third-order valence-corrected chi connectivity index (χ3v) is 7.39. The molecule has 3 aromatic carbocycles. The molecule has 0 heterocycles. The van der Waals surface area contributed by atoms with E-state index in [4.69, 9.17) is 4.74 Å². The minimum atomic E-state index is -1.16. The highest BCUT2D eigenvalue weighted by atomic mass is 127. The fourth-order valence-electron chi connectivity index (χ4n) is 4.52. The predicted octanol–water partition coefficient (Wildman–Crippen LogP) is 3.62. The number of carbonyl (C=O) groups excluding carboxylic acids is 2. The van der Waals surface area contributed by atoms with Crippen molar-refractivity contribution in [3.8, 4) is 5.75 Å². The highest BCUT2D eigenvalue weighted by Gasteiger charge is 2.40. The molecule has 0 saturated carbocycles. The maximum atomic E-state index is 13.7. The second-order valence-corrected chi connectivity index (χ2v) is 10.4. The van der Waals surface area contributed by atoms with Gasteiger partial charge in [0.1, 0.15) is 23.8 Å². The minimum absolute atomic E-state index is 0.0672. The quantitative estimate of drug-likeness (QED) is 0.293. The standard InChI is InChI=1S/C30H30FIN2O5/c31-23-12-10-21(11-13-23)19-34(28(36)16-20-6-2-1-3-7-20)25-17-22(30(38)33-14-15-35)18-27(29(25)37)39-26-9-5-4-8-24(26)32/h1-13,18,25,27,29,35,37H,14-17,19H2,(H,33,38)/t25-,27+,29+/m1/s1. The summed E-state index contributed by atoms with van der Waals surface area (Å²) >= 11 is 2.13. The average Bonchev–Trinajstić information content (AvgIpc) is 2.94. The van der Waals surface area contributed by atoms with Crippen LogP contribution in [-0.4, -0.2) is 58.3 Å². The first-order valence-electron chi connectivity index (χ1n) is 12.6. The molecule has 0 spiro atoms. The highest BCUT2D eigenvalue weighted by molar-refractivity contribution is 14.1. The average molecular weight is 644 g/mol.